The molecule has 0 spiro atoms. The maximum atomic E-state index is 13.1. The van der Waals surface area contributed by atoms with Crippen LogP contribution in [0.4, 0.5) is 5.69 Å². The monoisotopic (exact) mass is 471 g/mol. The highest BCUT2D eigenvalue weighted by Gasteiger charge is 2.38. The number of nitrogens with zero attached hydrogens (tertiary/aromatic N) is 2. The van der Waals surface area contributed by atoms with E-state index in [0.717, 1.165) is 57.5 Å². The lowest BCUT2D eigenvalue weighted by atomic mass is 10.0. The van der Waals surface area contributed by atoms with E-state index in [9.17, 15) is 4.79 Å². The summed E-state index contributed by atoms with van der Waals surface area (Å²) in [6.45, 7) is 8.50. The van der Waals surface area contributed by atoms with Gasteiger partial charge in [-0.25, -0.2) is 0 Å². The van der Waals surface area contributed by atoms with Gasteiger partial charge in [-0.3, -0.25) is 4.79 Å². The van der Waals surface area contributed by atoms with Crippen molar-refractivity contribution in [2.24, 2.45) is 11.8 Å². The zero-order valence-electron chi connectivity index (χ0n) is 18.1. The third-order valence-corrected chi connectivity index (χ3v) is 6.93. The Labute approximate surface area is 187 Å². The fourth-order valence-electron chi connectivity index (χ4n) is 4.80. The molecule has 0 radical (unpaired) electrons. The lowest BCUT2D eigenvalue weighted by Crippen LogP contribution is -2.29. The number of ether oxygens (including phenoxy) is 1. The molecule has 2 unspecified atom stereocenters. The molecule has 2 aromatic carbocycles. The molecule has 5 nitrogen and oxygen atoms in total. The fourth-order valence-corrected chi connectivity index (χ4v) is 5.29. The molecule has 30 heavy (non-hydrogen) atoms. The summed E-state index contributed by atoms with van der Waals surface area (Å²) >= 11 is 3.51. The number of hydrogen-bond acceptors (Lipinski definition) is 4. The van der Waals surface area contributed by atoms with E-state index >= 15 is 0 Å². The Hall–Kier alpha value is -2.05. The van der Waals surface area contributed by atoms with Crippen molar-refractivity contribution in [2.45, 2.75) is 19.9 Å². The minimum atomic E-state index is -0.131. The molecular weight excluding hydrogens is 442 g/mol. The van der Waals surface area contributed by atoms with Crippen molar-refractivity contribution in [3.05, 3.63) is 57.6 Å². The van der Waals surface area contributed by atoms with E-state index in [0.29, 0.717) is 0 Å². The number of nitrogens with one attached hydrogen (secondary N) is 1. The van der Waals surface area contributed by atoms with Crippen molar-refractivity contribution in [2.75, 3.05) is 45.2 Å². The minimum Gasteiger partial charge on any atom is -0.497 e. The molecule has 2 aromatic rings. The van der Waals surface area contributed by atoms with Crippen LogP contribution in [0.2, 0.25) is 0 Å². The second-order valence-electron chi connectivity index (χ2n) is 8.77. The van der Waals surface area contributed by atoms with Crippen LogP contribution in [-0.4, -0.2) is 51.1 Å². The molecule has 2 fully saturated rings. The van der Waals surface area contributed by atoms with Gasteiger partial charge in [0.15, 0.2) is 0 Å². The van der Waals surface area contributed by atoms with E-state index in [1.54, 1.807) is 7.11 Å². The van der Waals surface area contributed by atoms with Crippen LogP contribution in [0, 0.1) is 18.8 Å². The first-order valence-corrected chi connectivity index (χ1v) is 11.3. The first kappa shape index (κ1) is 21.2. The van der Waals surface area contributed by atoms with Gasteiger partial charge in [0.05, 0.1) is 13.2 Å². The second kappa shape index (κ2) is 8.60. The Balaban J connectivity index is 1.49. The molecule has 0 bridgehead atoms. The van der Waals surface area contributed by atoms with Crippen LogP contribution in [0.1, 0.15) is 34.5 Å². The number of carbonyl (C=O) groups excluding carboxylic acids is 1. The number of carbonyl (C=O) groups is 1. The molecule has 1 N–H and O–H groups in total. The van der Waals surface area contributed by atoms with E-state index < -0.39 is 0 Å². The van der Waals surface area contributed by atoms with Gasteiger partial charge in [0, 0.05) is 41.9 Å². The third kappa shape index (κ3) is 4.35. The van der Waals surface area contributed by atoms with Crippen molar-refractivity contribution in [3.63, 3.8) is 0 Å². The number of anilines is 1. The molecule has 2 heterocycles. The summed E-state index contributed by atoms with van der Waals surface area (Å²) in [4.78, 5) is 18.0. The molecule has 2 aliphatic heterocycles. The van der Waals surface area contributed by atoms with Crippen LogP contribution in [0.5, 0.6) is 5.75 Å². The SMILES string of the molecule is COc1cc(Br)cc([C@@H](C)NC(=O)c2cc(N3CC4CN(C)CC4C3)ccc2C)c1. The van der Waals surface area contributed by atoms with Crippen molar-refractivity contribution >= 4 is 27.5 Å². The van der Waals surface area contributed by atoms with Crippen LogP contribution in [0.15, 0.2) is 40.9 Å². The van der Waals surface area contributed by atoms with E-state index in [4.69, 9.17) is 4.74 Å². The first-order chi connectivity index (χ1) is 14.3. The fraction of sp³-hybridized carbons (Fsp3) is 0.458. The van der Waals surface area contributed by atoms with Crippen LogP contribution >= 0.6 is 15.9 Å². The van der Waals surface area contributed by atoms with Crippen LogP contribution in [0.3, 0.4) is 0 Å². The molecular formula is C24H30BrN3O2. The van der Waals surface area contributed by atoms with Crippen molar-refractivity contribution < 1.29 is 9.53 Å². The first-order valence-electron chi connectivity index (χ1n) is 10.5. The molecule has 0 aliphatic carbocycles. The van der Waals surface area contributed by atoms with Crippen molar-refractivity contribution in [3.8, 4) is 5.75 Å². The molecule has 0 aromatic heterocycles. The molecule has 4 rings (SSSR count). The van der Waals surface area contributed by atoms with Crippen molar-refractivity contribution in [1.29, 1.82) is 0 Å². The van der Waals surface area contributed by atoms with Gasteiger partial charge in [0.25, 0.3) is 5.91 Å². The average molecular weight is 472 g/mol. The Kier molecular flexibility index (Phi) is 6.07. The summed E-state index contributed by atoms with van der Waals surface area (Å²) in [5, 5.41) is 3.15. The Bertz CT molecular complexity index is 934. The van der Waals surface area contributed by atoms with Gasteiger partial charge in [-0.05, 0) is 74.2 Å². The smallest absolute Gasteiger partial charge is 0.252 e. The van der Waals surface area contributed by atoms with Gasteiger partial charge in [0.1, 0.15) is 5.75 Å². The normalized spacial score (nSPS) is 22.1. The van der Waals surface area contributed by atoms with Gasteiger partial charge in [-0.1, -0.05) is 22.0 Å². The number of rotatable bonds is 5. The maximum Gasteiger partial charge on any atom is 0.252 e. The van der Waals surface area contributed by atoms with Crippen molar-refractivity contribution in [1.82, 2.24) is 10.2 Å². The van der Waals surface area contributed by atoms with Crippen LogP contribution < -0.4 is 15.0 Å². The van der Waals surface area contributed by atoms with Gasteiger partial charge in [0.2, 0.25) is 0 Å². The molecule has 0 saturated carbocycles. The van der Waals surface area contributed by atoms with Crippen LogP contribution in [0.25, 0.3) is 0 Å². The van der Waals surface area contributed by atoms with E-state index in [1.807, 2.05) is 32.0 Å². The number of likely N-dealkylation sites (tertiary alicyclic amines) is 1. The summed E-state index contributed by atoms with van der Waals surface area (Å²) in [5.74, 6) is 2.20. The Morgan fingerprint density at radius 3 is 2.50 bits per heavy atom. The maximum absolute atomic E-state index is 13.1. The number of benzene rings is 2. The molecule has 160 valence electrons. The largest absolute Gasteiger partial charge is 0.497 e. The summed E-state index contributed by atoms with van der Waals surface area (Å²) in [6.07, 6.45) is 0. The Morgan fingerprint density at radius 1 is 1.13 bits per heavy atom. The van der Waals surface area contributed by atoms with E-state index in [2.05, 4.69) is 56.3 Å². The number of fused-ring (bicyclic) bond motifs is 1. The summed E-state index contributed by atoms with van der Waals surface area (Å²) in [5.41, 5.74) is 3.89. The van der Waals surface area contributed by atoms with Gasteiger partial charge >= 0.3 is 0 Å². The summed E-state index contributed by atoms with van der Waals surface area (Å²) in [7, 11) is 3.85. The lowest BCUT2D eigenvalue weighted by Gasteiger charge is -2.23. The molecule has 6 heteroatoms. The number of halogens is 1. The van der Waals surface area contributed by atoms with Gasteiger partial charge in [-0.2, -0.15) is 0 Å². The predicted octanol–water partition coefficient (Wildman–Crippen LogP) is 4.25. The number of hydrogen-bond donors (Lipinski definition) is 1. The Morgan fingerprint density at radius 2 is 1.83 bits per heavy atom. The standard InChI is InChI=1S/C24H30BrN3O2/c1-15-5-6-21(28-13-18-11-27(3)12-19(18)14-28)10-23(15)24(29)26-16(2)17-7-20(25)9-22(8-17)30-4/h5-10,16,18-19H,11-14H2,1-4H3,(H,26,29)/t16-,18?,19?/m1/s1. The summed E-state index contributed by atoms with van der Waals surface area (Å²) < 4.78 is 6.29. The van der Waals surface area contributed by atoms with Gasteiger partial charge < -0.3 is 19.9 Å². The number of methoxy groups -OCH3 is 1. The highest BCUT2D eigenvalue weighted by molar-refractivity contribution is 9.10. The third-order valence-electron chi connectivity index (χ3n) is 6.48. The molecule has 2 aliphatic rings. The lowest BCUT2D eigenvalue weighted by molar-refractivity contribution is 0.0939. The topological polar surface area (TPSA) is 44.8 Å². The highest BCUT2D eigenvalue weighted by Crippen LogP contribution is 2.34. The molecule has 3 atom stereocenters. The number of amides is 1. The molecule has 1 amide bonds. The second-order valence-corrected chi connectivity index (χ2v) is 9.68. The minimum absolute atomic E-state index is 0.0417. The zero-order valence-corrected chi connectivity index (χ0v) is 19.7. The van der Waals surface area contributed by atoms with Gasteiger partial charge in [-0.15, -0.1) is 0 Å². The zero-order chi connectivity index (χ0) is 21.4. The number of aryl methyl sites for hydroxylation is 1. The quantitative estimate of drug-likeness (QED) is 0.707. The van der Waals surface area contributed by atoms with Crippen LogP contribution in [-0.2, 0) is 0 Å². The molecule has 2 saturated heterocycles. The summed E-state index contributed by atoms with van der Waals surface area (Å²) in [6, 6.07) is 12.0. The van der Waals surface area contributed by atoms with E-state index in [-0.39, 0.29) is 11.9 Å². The van der Waals surface area contributed by atoms with E-state index in [1.165, 1.54) is 13.1 Å². The highest BCUT2D eigenvalue weighted by atomic mass is 79.9. The predicted molar refractivity (Wildman–Crippen MR) is 124 cm³/mol. The average Bonchev–Trinajstić information content (AvgIpc) is 3.25.